The van der Waals surface area contributed by atoms with Gasteiger partial charge in [0.1, 0.15) is 0 Å². The summed E-state index contributed by atoms with van der Waals surface area (Å²) in [5.41, 5.74) is 0.721. The number of benzene rings is 1. The Morgan fingerprint density at radius 3 is 2.74 bits per heavy atom. The van der Waals surface area contributed by atoms with Crippen LogP contribution in [-0.4, -0.2) is 33.8 Å². The van der Waals surface area contributed by atoms with Crippen molar-refractivity contribution in [2.75, 3.05) is 7.11 Å². The summed E-state index contributed by atoms with van der Waals surface area (Å²) in [7, 11) is 1.29. The van der Waals surface area contributed by atoms with Gasteiger partial charge in [-0.1, -0.05) is 18.2 Å². The first-order chi connectivity index (χ1) is 9.13. The van der Waals surface area contributed by atoms with Crippen molar-refractivity contribution in [3.8, 4) is 0 Å². The van der Waals surface area contributed by atoms with Crippen molar-refractivity contribution in [2.24, 2.45) is 0 Å². The lowest BCUT2D eigenvalue weighted by Crippen LogP contribution is -2.29. The monoisotopic (exact) mass is 260 g/mol. The second kappa shape index (κ2) is 5.36. The fourth-order valence-electron chi connectivity index (χ4n) is 1.69. The van der Waals surface area contributed by atoms with E-state index >= 15 is 0 Å². The smallest absolute Gasteiger partial charge is 0.356 e. The van der Waals surface area contributed by atoms with Crippen LogP contribution in [0.5, 0.6) is 0 Å². The van der Waals surface area contributed by atoms with Gasteiger partial charge in [-0.25, -0.2) is 9.59 Å². The first-order valence-electron chi connectivity index (χ1n) is 5.48. The van der Waals surface area contributed by atoms with Gasteiger partial charge in [0.15, 0.2) is 0 Å². The van der Waals surface area contributed by atoms with Gasteiger partial charge in [-0.3, -0.25) is 9.40 Å². The zero-order valence-electron chi connectivity index (χ0n) is 10.2. The zero-order chi connectivity index (χ0) is 13.8. The molecule has 0 spiro atoms. The molecule has 2 aromatic rings. The minimum absolute atomic E-state index is 0.499. The van der Waals surface area contributed by atoms with E-state index in [0.717, 1.165) is 28.2 Å². The fourth-order valence-corrected chi connectivity index (χ4v) is 1.69. The van der Waals surface area contributed by atoms with Gasteiger partial charge in [-0.15, -0.1) is 0 Å². The lowest BCUT2D eigenvalue weighted by molar-refractivity contribution is -0.131. The SMILES string of the molecule is CON(C=CC(=O)O)C(=O)n1ccc2ccccc21. The molecule has 19 heavy (non-hydrogen) atoms. The molecule has 0 atom stereocenters. The number of carboxylic acids is 1. The van der Waals surface area contributed by atoms with E-state index in [1.807, 2.05) is 18.2 Å². The number of rotatable bonds is 3. The molecule has 0 aliphatic carbocycles. The Bertz CT molecular complexity index is 645. The van der Waals surface area contributed by atoms with Crippen molar-refractivity contribution in [1.82, 2.24) is 9.63 Å². The van der Waals surface area contributed by atoms with Gasteiger partial charge in [0.2, 0.25) is 0 Å². The van der Waals surface area contributed by atoms with Crippen LogP contribution in [0.2, 0.25) is 0 Å². The largest absolute Gasteiger partial charge is 0.478 e. The minimum Gasteiger partial charge on any atom is -0.478 e. The fraction of sp³-hybridized carbons (Fsp3) is 0.0769. The molecule has 6 heteroatoms. The molecule has 0 saturated carbocycles. The molecule has 0 aliphatic rings. The minimum atomic E-state index is -1.16. The molecule has 98 valence electrons. The summed E-state index contributed by atoms with van der Waals surface area (Å²) in [5.74, 6) is -1.16. The van der Waals surface area contributed by atoms with Crippen molar-refractivity contribution >= 4 is 22.9 Å². The lowest BCUT2D eigenvalue weighted by atomic mass is 10.2. The molecule has 0 unspecified atom stereocenters. The number of fused-ring (bicyclic) bond motifs is 1. The van der Waals surface area contributed by atoms with E-state index in [2.05, 4.69) is 0 Å². The number of aliphatic carboxylic acids is 1. The summed E-state index contributed by atoms with van der Waals surface area (Å²) >= 11 is 0. The molecule has 0 aliphatic heterocycles. The van der Waals surface area contributed by atoms with Crippen molar-refractivity contribution in [1.29, 1.82) is 0 Å². The van der Waals surface area contributed by atoms with E-state index < -0.39 is 12.0 Å². The van der Waals surface area contributed by atoms with Crippen molar-refractivity contribution < 1.29 is 19.5 Å². The van der Waals surface area contributed by atoms with Crippen LogP contribution < -0.4 is 0 Å². The molecule has 1 amide bonds. The molecule has 2 rings (SSSR count). The molecule has 6 nitrogen and oxygen atoms in total. The van der Waals surface area contributed by atoms with E-state index in [-0.39, 0.29) is 0 Å². The molecule has 0 saturated heterocycles. The molecule has 0 fully saturated rings. The maximum Gasteiger partial charge on any atom is 0.356 e. The summed E-state index contributed by atoms with van der Waals surface area (Å²) < 4.78 is 1.38. The molecular formula is C13H12N2O4. The number of hydroxylamine groups is 2. The molecule has 1 heterocycles. The first-order valence-corrected chi connectivity index (χ1v) is 5.48. The van der Waals surface area contributed by atoms with Crippen LogP contribution in [0.15, 0.2) is 48.8 Å². The highest BCUT2D eigenvalue weighted by atomic mass is 16.7. The van der Waals surface area contributed by atoms with Gasteiger partial charge in [-0.2, -0.15) is 5.06 Å². The predicted octanol–water partition coefficient (Wildman–Crippen LogP) is 2.07. The average Bonchev–Trinajstić information content (AvgIpc) is 2.82. The number of nitrogens with zero attached hydrogens (tertiary/aromatic N) is 2. The maximum atomic E-state index is 12.2. The van der Waals surface area contributed by atoms with E-state index in [1.165, 1.54) is 11.7 Å². The van der Waals surface area contributed by atoms with Crippen molar-refractivity contribution in [2.45, 2.75) is 0 Å². The van der Waals surface area contributed by atoms with Crippen LogP contribution in [0.4, 0.5) is 4.79 Å². The zero-order valence-corrected chi connectivity index (χ0v) is 10.2. The highest BCUT2D eigenvalue weighted by molar-refractivity contribution is 5.91. The van der Waals surface area contributed by atoms with Gasteiger partial charge in [0, 0.05) is 23.9 Å². The number of hydrogen-bond donors (Lipinski definition) is 1. The number of carboxylic acid groups (broad SMARTS) is 1. The highest BCUT2D eigenvalue weighted by Crippen LogP contribution is 2.16. The van der Waals surface area contributed by atoms with Crippen molar-refractivity contribution in [3.63, 3.8) is 0 Å². The van der Waals surface area contributed by atoms with Gasteiger partial charge >= 0.3 is 12.0 Å². The molecule has 0 bridgehead atoms. The third kappa shape index (κ3) is 2.63. The van der Waals surface area contributed by atoms with Gasteiger partial charge in [0.05, 0.1) is 12.6 Å². The van der Waals surface area contributed by atoms with E-state index in [1.54, 1.807) is 18.3 Å². The van der Waals surface area contributed by atoms with Crippen LogP contribution in [0.1, 0.15) is 0 Å². The molecule has 1 aromatic heterocycles. The Morgan fingerprint density at radius 2 is 2.05 bits per heavy atom. The Hall–Kier alpha value is -2.60. The van der Waals surface area contributed by atoms with E-state index in [9.17, 15) is 9.59 Å². The predicted molar refractivity (Wildman–Crippen MR) is 68.4 cm³/mol. The summed E-state index contributed by atoms with van der Waals surface area (Å²) in [6.45, 7) is 0. The number of para-hydroxylation sites is 1. The Balaban J connectivity index is 2.34. The number of amides is 1. The topological polar surface area (TPSA) is 71.8 Å². The summed E-state index contributed by atoms with van der Waals surface area (Å²) in [6.07, 6.45) is 3.49. The van der Waals surface area contributed by atoms with Crippen LogP contribution in [0.3, 0.4) is 0 Å². The summed E-state index contributed by atoms with van der Waals surface area (Å²) in [5, 5.41) is 10.3. The molecular weight excluding hydrogens is 248 g/mol. The summed E-state index contributed by atoms with van der Waals surface area (Å²) in [4.78, 5) is 27.5. The number of carbonyl (C=O) groups is 2. The Labute approximate surface area is 109 Å². The quantitative estimate of drug-likeness (QED) is 0.677. The third-order valence-corrected chi connectivity index (χ3v) is 2.54. The van der Waals surface area contributed by atoms with Crippen LogP contribution in [0.25, 0.3) is 10.9 Å². The van der Waals surface area contributed by atoms with Crippen molar-refractivity contribution in [3.05, 3.63) is 48.8 Å². The standard InChI is InChI=1S/C13H12N2O4/c1-19-15(9-7-12(16)17)13(18)14-8-6-10-4-2-3-5-11(10)14/h2-9H,1H3,(H,16,17). The maximum absolute atomic E-state index is 12.2. The van der Waals surface area contributed by atoms with Crippen LogP contribution in [0, 0.1) is 0 Å². The number of aromatic nitrogens is 1. The Kier molecular flexibility index (Phi) is 3.63. The number of carbonyl (C=O) groups excluding carboxylic acids is 1. The van der Waals surface area contributed by atoms with Gasteiger partial charge in [-0.05, 0) is 12.1 Å². The molecule has 1 aromatic carbocycles. The second-order valence-electron chi connectivity index (χ2n) is 3.69. The third-order valence-electron chi connectivity index (χ3n) is 2.54. The van der Waals surface area contributed by atoms with Gasteiger partial charge in [0.25, 0.3) is 0 Å². The first kappa shape index (κ1) is 12.8. The highest BCUT2D eigenvalue weighted by Gasteiger charge is 2.15. The van der Waals surface area contributed by atoms with E-state index in [4.69, 9.17) is 9.94 Å². The Morgan fingerprint density at radius 1 is 1.32 bits per heavy atom. The normalized spacial score (nSPS) is 11.0. The molecule has 0 radical (unpaired) electrons. The lowest BCUT2D eigenvalue weighted by Gasteiger charge is -2.15. The summed E-state index contributed by atoms with van der Waals surface area (Å²) in [6, 6.07) is 8.65. The van der Waals surface area contributed by atoms with Gasteiger partial charge < -0.3 is 5.11 Å². The number of hydrogen-bond acceptors (Lipinski definition) is 3. The average molecular weight is 260 g/mol. The van der Waals surface area contributed by atoms with Crippen LogP contribution >= 0.6 is 0 Å². The second-order valence-corrected chi connectivity index (χ2v) is 3.69. The van der Waals surface area contributed by atoms with Crippen LogP contribution in [-0.2, 0) is 9.63 Å². The van der Waals surface area contributed by atoms with E-state index in [0.29, 0.717) is 0 Å². The molecule has 1 N–H and O–H groups in total.